The number of carbonyl (C=O) groups excluding carboxylic acids is 1. The first-order valence-electron chi connectivity index (χ1n) is 8.34. The summed E-state index contributed by atoms with van der Waals surface area (Å²) in [7, 11) is 0. The maximum atomic E-state index is 14.0. The van der Waals surface area contributed by atoms with E-state index in [1.54, 1.807) is 11.0 Å². The summed E-state index contributed by atoms with van der Waals surface area (Å²) in [4.78, 5) is 18.6. The number of fused-ring (bicyclic) bond motifs is 1. The zero-order chi connectivity index (χ0) is 18.0. The summed E-state index contributed by atoms with van der Waals surface area (Å²) >= 11 is 0. The predicted octanol–water partition coefficient (Wildman–Crippen LogP) is 2.81. The van der Waals surface area contributed by atoms with E-state index in [0.29, 0.717) is 37.4 Å². The Morgan fingerprint density at radius 3 is 2.68 bits per heavy atom. The molecule has 1 aromatic heterocycles. The Kier molecular flexibility index (Phi) is 5.13. The molecule has 0 radical (unpaired) electrons. The first-order valence-corrected chi connectivity index (χ1v) is 8.34. The highest BCUT2D eigenvalue weighted by Gasteiger charge is 2.28. The topological polar surface area (TPSA) is 54.5 Å². The number of carbonyl (C=O) groups is 1. The number of rotatable bonds is 4. The monoisotopic (exact) mass is 349 g/mol. The summed E-state index contributed by atoms with van der Waals surface area (Å²) in [6.45, 7) is 5.99. The van der Waals surface area contributed by atoms with Gasteiger partial charge in [0.25, 0.3) is 0 Å². The fraction of sp³-hybridized carbons (Fsp3) is 0.444. The van der Waals surface area contributed by atoms with Crippen LogP contribution in [-0.4, -0.2) is 48.1 Å². The summed E-state index contributed by atoms with van der Waals surface area (Å²) < 4.78 is 32.9. The second-order valence-electron chi connectivity index (χ2n) is 6.45. The van der Waals surface area contributed by atoms with Crippen LogP contribution in [0.15, 0.2) is 24.4 Å². The molecule has 0 aliphatic carbocycles. The summed E-state index contributed by atoms with van der Waals surface area (Å²) in [5.74, 6) is -1.45. The summed E-state index contributed by atoms with van der Waals surface area (Å²) in [6, 6.07) is 3.15. The maximum Gasteiger partial charge on any atom is 0.245 e. The van der Waals surface area contributed by atoms with Crippen molar-refractivity contribution in [2.24, 2.45) is 5.92 Å². The average molecular weight is 349 g/mol. The quantitative estimate of drug-likeness (QED) is 0.922. The van der Waals surface area contributed by atoms with Gasteiger partial charge in [-0.15, -0.1) is 0 Å². The number of nitrogens with one attached hydrogen (secondary N) is 1. The lowest BCUT2D eigenvalue weighted by atomic mass is 10.0. The van der Waals surface area contributed by atoms with Gasteiger partial charge in [0, 0.05) is 36.4 Å². The molecule has 1 unspecified atom stereocenters. The summed E-state index contributed by atoms with van der Waals surface area (Å²) in [5.41, 5.74) is 0.566. The third kappa shape index (κ3) is 3.71. The van der Waals surface area contributed by atoms with Gasteiger partial charge in [0.2, 0.25) is 5.91 Å². The molecule has 0 spiro atoms. The van der Waals surface area contributed by atoms with E-state index in [9.17, 15) is 13.6 Å². The van der Waals surface area contributed by atoms with Crippen molar-refractivity contribution in [2.45, 2.75) is 19.9 Å². The largest absolute Gasteiger partial charge is 0.378 e. The molecule has 0 saturated carbocycles. The zero-order valence-corrected chi connectivity index (χ0v) is 14.3. The van der Waals surface area contributed by atoms with Crippen LogP contribution >= 0.6 is 0 Å². The molecule has 1 amide bonds. The lowest BCUT2D eigenvalue weighted by Gasteiger charge is -2.32. The van der Waals surface area contributed by atoms with Crippen molar-refractivity contribution in [1.29, 1.82) is 0 Å². The highest BCUT2D eigenvalue weighted by atomic mass is 19.1. The van der Waals surface area contributed by atoms with E-state index in [1.807, 2.05) is 13.8 Å². The predicted molar refractivity (Wildman–Crippen MR) is 91.3 cm³/mol. The number of nitrogens with zero attached hydrogens (tertiary/aromatic N) is 2. The number of morpholine rings is 1. The normalized spacial score (nSPS) is 16.3. The van der Waals surface area contributed by atoms with Gasteiger partial charge in [-0.05, 0) is 18.1 Å². The number of halogens is 2. The third-order valence-corrected chi connectivity index (χ3v) is 4.33. The SMILES string of the molecule is CC(C)C(Nc1ccnc2c(F)cc(F)cc12)C(=O)N1CCOCC1. The Morgan fingerprint density at radius 2 is 2.00 bits per heavy atom. The van der Waals surface area contributed by atoms with Crippen molar-refractivity contribution >= 4 is 22.5 Å². The van der Waals surface area contributed by atoms with Crippen molar-refractivity contribution in [3.8, 4) is 0 Å². The molecule has 1 aliphatic heterocycles. The van der Waals surface area contributed by atoms with Crippen molar-refractivity contribution < 1.29 is 18.3 Å². The molecule has 0 bridgehead atoms. The molecule has 5 nitrogen and oxygen atoms in total. The number of hydrogen-bond acceptors (Lipinski definition) is 4. The van der Waals surface area contributed by atoms with Crippen LogP contribution in [0.3, 0.4) is 0 Å². The minimum Gasteiger partial charge on any atom is -0.378 e. The number of aromatic nitrogens is 1. The molecule has 1 N–H and O–H groups in total. The van der Waals surface area contributed by atoms with Gasteiger partial charge in [-0.3, -0.25) is 9.78 Å². The second-order valence-corrected chi connectivity index (χ2v) is 6.45. The lowest BCUT2D eigenvalue weighted by molar-refractivity contribution is -0.137. The summed E-state index contributed by atoms with van der Waals surface area (Å²) in [5, 5.41) is 3.49. The number of anilines is 1. The van der Waals surface area contributed by atoms with Gasteiger partial charge < -0.3 is 15.0 Å². The molecule has 1 fully saturated rings. The number of ether oxygens (including phenoxy) is 1. The van der Waals surface area contributed by atoms with Crippen molar-refractivity contribution in [3.05, 3.63) is 36.0 Å². The summed E-state index contributed by atoms with van der Waals surface area (Å²) in [6.07, 6.45) is 1.45. The first-order chi connectivity index (χ1) is 12.0. The van der Waals surface area contributed by atoms with E-state index in [1.165, 1.54) is 12.3 Å². The van der Waals surface area contributed by atoms with Crippen molar-refractivity contribution in [3.63, 3.8) is 0 Å². The van der Waals surface area contributed by atoms with E-state index >= 15 is 0 Å². The van der Waals surface area contributed by atoms with E-state index < -0.39 is 17.7 Å². The van der Waals surface area contributed by atoms with Gasteiger partial charge in [-0.2, -0.15) is 0 Å². The smallest absolute Gasteiger partial charge is 0.245 e. The van der Waals surface area contributed by atoms with Gasteiger partial charge in [0.05, 0.1) is 13.2 Å². The van der Waals surface area contributed by atoms with Crippen LogP contribution < -0.4 is 5.32 Å². The van der Waals surface area contributed by atoms with E-state index in [-0.39, 0.29) is 17.3 Å². The zero-order valence-electron chi connectivity index (χ0n) is 14.3. The van der Waals surface area contributed by atoms with Gasteiger partial charge >= 0.3 is 0 Å². The van der Waals surface area contributed by atoms with Crippen molar-refractivity contribution in [2.75, 3.05) is 31.6 Å². The Bertz CT molecular complexity index is 776. The van der Waals surface area contributed by atoms with Gasteiger partial charge in [0.15, 0.2) is 5.82 Å². The maximum absolute atomic E-state index is 14.0. The molecular weight excluding hydrogens is 328 g/mol. The van der Waals surface area contributed by atoms with Crippen LogP contribution in [0, 0.1) is 17.6 Å². The number of hydrogen-bond donors (Lipinski definition) is 1. The number of amides is 1. The van der Waals surface area contributed by atoms with E-state index in [4.69, 9.17) is 4.74 Å². The van der Waals surface area contributed by atoms with Crippen LogP contribution in [0.2, 0.25) is 0 Å². The molecule has 3 rings (SSSR count). The molecule has 1 aromatic carbocycles. The second kappa shape index (κ2) is 7.31. The Labute approximate surface area is 145 Å². The standard InChI is InChI=1S/C18H21F2N3O2/c1-11(2)16(18(24)23-5-7-25-8-6-23)22-15-3-4-21-17-13(15)9-12(19)10-14(17)20/h3-4,9-11,16H,5-8H2,1-2H3,(H,21,22). The van der Waals surface area contributed by atoms with Crippen molar-refractivity contribution in [1.82, 2.24) is 9.88 Å². The Balaban J connectivity index is 1.92. The molecule has 1 saturated heterocycles. The minimum atomic E-state index is -0.723. The fourth-order valence-electron chi connectivity index (χ4n) is 2.97. The van der Waals surface area contributed by atoms with Gasteiger partial charge in [-0.25, -0.2) is 8.78 Å². The third-order valence-electron chi connectivity index (χ3n) is 4.33. The van der Waals surface area contributed by atoms with E-state index in [0.717, 1.165) is 6.07 Å². The molecule has 1 aliphatic rings. The van der Waals surface area contributed by atoms with Gasteiger partial charge in [-0.1, -0.05) is 13.8 Å². The molecule has 2 heterocycles. The fourth-order valence-corrected chi connectivity index (χ4v) is 2.97. The van der Waals surface area contributed by atoms with Crippen LogP contribution in [0.25, 0.3) is 10.9 Å². The lowest BCUT2D eigenvalue weighted by Crippen LogP contribution is -2.49. The number of benzene rings is 1. The highest BCUT2D eigenvalue weighted by Crippen LogP contribution is 2.26. The molecule has 7 heteroatoms. The molecule has 1 atom stereocenters. The minimum absolute atomic E-state index is 0.00281. The average Bonchev–Trinajstić information content (AvgIpc) is 2.60. The van der Waals surface area contributed by atoms with Crippen LogP contribution in [0.4, 0.5) is 14.5 Å². The highest BCUT2D eigenvalue weighted by molar-refractivity contribution is 5.94. The van der Waals surface area contributed by atoms with Gasteiger partial charge in [0.1, 0.15) is 17.4 Å². The Hall–Kier alpha value is -2.28. The van der Waals surface area contributed by atoms with Crippen LogP contribution in [0.5, 0.6) is 0 Å². The molecule has 134 valence electrons. The molecule has 25 heavy (non-hydrogen) atoms. The Morgan fingerprint density at radius 1 is 1.28 bits per heavy atom. The number of pyridine rings is 1. The molecule has 2 aromatic rings. The van der Waals surface area contributed by atoms with Crippen LogP contribution in [0.1, 0.15) is 13.8 Å². The molecular formula is C18H21F2N3O2. The van der Waals surface area contributed by atoms with E-state index in [2.05, 4.69) is 10.3 Å². The van der Waals surface area contributed by atoms with Crippen LogP contribution in [-0.2, 0) is 9.53 Å². The first kappa shape index (κ1) is 17.5.